The van der Waals surface area contributed by atoms with Crippen molar-refractivity contribution < 1.29 is 4.21 Å². The van der Waals surface area contributed by atoms with Crippen LogP contribution >= 0.6 is 0 Å². The van der Waals surface area contributed by atoms with Crippen molar-refractivity contribution in [2.45, 2.75) is 9.79 Å². The monoisotopic (exact) mass is 217 g/mol. The third-order valence-corrected chi connectivity index (χ3v) is 3.41. The van der Waals surface area contributed by atoms with E-state index < -0.39 is 10.8 Å². The van der Waals surface area contributed by atoms with Crippen LogP contribution in [0.25, 0.3) is 0 Å². The largest absolute Gasteiger partial charge is 0.399 e. The van der Waals surface area contributed by atoms with Crippen LogP contribution in [0.1, 0.15) is 0 Å². The number of rotatable bonds is 2. The van der Waals surface area contributed by atoms with Gasteiger partial charge in [-0.15, -0.1) is 0 Å². The zero-order valence-electron chi connectivity index (χ0n) is 8.09. The Morgan fingerprint density at radius 3 is 2.20 bits per heavy atom. The molecule has 0 radical (unpaired) electrons. The van der Waals surface area contributed by atoms with E-state index in [0.29, 0.717) is 5.69 Å². The highest BCUT2D eigenvalue weighted by Crippen LogP contribution is 2.17. The van der Waals surface area contributed by atoms with Crippen LogP contribution < -0.4 is 5.73 Å². The number of anilines is 1. The molecule has 2 aromatic rings. The number of nitrogens with two attached hydrogens (primary N) is 1. The Kier molecular flexibility index (Phi) is 2.83. The highest BCUT2D eigenvalue weighted by molar-refractivity contribution is 7.85. The van der Waals surface area contributed by atoms with E-state index >= 15 is 0 Å². The Hall–Kier alpha value is -1.61. The molecule has 1 unspecified atom stereocenters. The van der Waals surface area contributed by atoms with Crippen molar-refractivity contribution in [3.8, 4) is 0 Å². The minimum Gasteiger partial charge on any atom is -0.399 e. The van der Waals surface area contributed by atoms with Crippen LogP contribution in [-0.4, -0.2) is 4.21 Å². The second-order valence-corrected chi connectivity index (χ2v) is 4.63. The normalized spacial score (nSPS) is 12.3. The van der Waals surface area contributed by atoms with E-state index in [4.69, 9.17) is 5.73 Å². The standard InChI is InChI=1S/C12H11NOS/c13-10-5-4-8-12(9-10)15(14)11-6-2-1-3-7-11/h1-9H,13H2. The third-order valence-electron chi connectivity index (χ3n) is 2.03. The first-order chi connectivity index (χ1) is 7.27. The van der Waals surface area contributed by atoms with Gasteiger partial charge in [-0.1, -0.05) is 24.3 Å². The van der Waals surface area contributed by atoms with Gasteiger partial charge in [-0.05, 0) is 30.3 Å². The van der Waals surface area contributed by atoms with Gasteiger partial charge < -0.3 is 5.73 Å². The molecule has 0 heterocycles. The summed E-state index contributed by atoms with van der Waals surface area (Å²) < 4.78 is 12.1. The van der Waals surface area contributed by atoms with Crippen LogP contribution in [0.2, 0.25) is 0 Å². The Morgan fingerprint density at radius 2 is 1.53 bits per heavy atom. The summed E-state index contributed by atoms with van der Waals surface area (Å²) in [4.78, 5) is 1.53. The molecule has 0 amide bonds. The fraction of sp³-hybridized carbons (Fsp3) is 0. The van der Waals surface area contributed by atoms with E-state index in [9.17, 15) is 4.21 Å². The topological polar surface area (TPSA) is 43.1 Å². The number of hydrogen-bond acceptors (Lipinski definition) is 2. The summed E-state index contributed by atoms with van der Waals surface area (Å²) in [5, 5.41) is 0. The Morgan fingerprint density at radius 1 is 0.867 bits per heavy atom. The molecule has 2 rings (SSSR count). The van der Waals surface area contributed by atoms with Crippen molar-refractivity contribution in [3.05, 3.63) is 54.6 Å². The predicted molar refractivity (Wildman–Crippen MR) is 62.0 cm³/mol. The van der Waals surface area contributed by atoms with Crippen molar-refractivity contribution in [1.29, 1.82) is 0 Å². The number of benzene rings is 2. The van der Waals surface area contributed by atoms with E-state index in [1.54, 1.807) is 12.1 Å². The third kappa shape index (κ3) is 2.25. The molecule has 15 heavy (non-hydrogen) atoms. The summed E-state index contributed by atoms with van der Waals surface area (Å²) in [5.74, 6) is 0. The minimum atomic E-state index is -1.14. The zero-order chi connectivity index (χ0) is 10.7. The van der Waals surface area contributed by atoms with E-state index in [0.717, 1.165) is 9.79 Å². The zero-order valence-corrected chi connectivity index (χ0v) is 8.91. The van der Waals surface area contributed by atoms with E-state index in [1.165, 1.54) is 0 Å². The fourth-order valence-electron chi connectivity index (χ4n) is 1.31. The van der Waals surface area contributed by atoms with Crippen LogP contribution in [0.15, 0.2) is 64.4 Å². The average Bonchev–Trinajstić information content (AvgIpc) is 2.29. The van der Waals surface area contributed by atoms with Gasteiger partial charge in [0.05, 0.1) is 10.8 Å². The van der Waals surface area contributed by atoms with Gasteiger partial charge in [-0.25, -0.2) is 4.21 Å². The van der Waals surface area contributed by atoms with Crippen molar-refractivity contribution in [3.63, 3.8) is 0 Å². The van der Waals surface area contributed by atoms with Gasteiger partial charge in [0.1, 0.15) is 0 Å². The van der Waals surface area contributed by atoms with Gasteiger partial charge in [0.2, 0.25) is 0 Å². The second kappa shape index (κ2) is 4.28. The molecule has 2 aromatic carbocycles. The van der Waals surface area contributed by atoms with Crippen molar-refractivity contribution in [2.75, 3.05) is 5.73 Å². The molecule has 0 fully saturated rings. The maximum absolute atomic E-state index is 12.1. The summed E-state index contributed by atoms with van der Waals surface area (Å²) in [7, 11) is -1.14. The molecule has 0 aromatic heterocycles. The van der Waals surface area contributed by atoms with E-state index in [-0.39, 0.29) is 0 Å². The van der Waals surface area contributed by atoms with Gasteiger partial charge in [-0.2, -0.15) is 0 Å². The van der Waals surface area contributed by atoms with E-state index in [2.05, 4.69) is 0 Å². The highest BCUT2D eigenvalue weighted by atomic mass is 32.2. The molecule has 0 bridgehead atoms. The fourth-order valence-corrected chi connectivity index (χ4v) is 2.43. The Bertz CT molecular complexity index is 482. The summed E-state index contributed by atoms with van der Waals surface area (Å²) in [6, 6.07) is 16.5. The summed E-state index contributed by atoms with van der Waals surface area (Å²) in [6.45, 7) is 0. The maximum Gasteiger partial charge on any atom is 0.0850 e. The molecule has 2 nitrogen and oxygen atoms in total. The SMILES string of the molecule is Nc1cccc(S(=O)c2ccccc2)c1. The lowest BCUT2D eigenvalue weighted by atomic mass is 10.3. The smallest absolute Gasteiger partial charge is 0.0850 e. The first-order valence-electron chi connectivity index (χ1n) is 4.60. The predicted octanol–water partition coefficient (Wildman–Crippen LogP) is 2.44. The number of hydrogen-bond donors (Lipinski definition) is 1. The Labute approximate surface area is 91.2 Å². The number of nitrogen functional groups attached to an aromatic ring is 1. The van der Waals surface area contributed by atoms with Crippen LogP contribution in [0, 0.1) is 0 Å². The summed E-state index contributed by atoms with van der Waals surface area (Å²) >= 11 is 0. The first kappa shape index (κ1) is 9.93. The highest BCUT2D eigenvalue weighted by Gasteiger charge is 2.05. The van der Waals surface area contributed by atoms with E-state index in [1.807, 2.05) is 42.5 Å². The molecule has 0 saturated heterocycles. The van der Waals surface area contributed by atoms with Gasteiger partial charge in [0.15, 0.2) is 0 Å². The van der Waals surface area contributed by atoms with Gasteiger partial charge in [0, 0.05) is 15.5 Å². The van der Waals surface area contributed by atoms with Crippen LogP contribution in [0.4, 0.5) is 5.69 Å². The lowest BCUT2D eigenvalue weighted by Crippen LogP contribution is -1.93. The summed E-state index contributed by atoms with van der Waals surface area (Å²) in [5.41, 5.74) is 6.28. The van der Waals surface area contributed by atoms with Crippen molar-refractivity contribution >= 4 is 16.5 Å². The molecule has 0 aliphatic carbocycles. The summed E-state index contributed by atoms with van der Waals surface area (Å²) in [6.07, 6.45) is 0. The molecule has 1 atom stereocenters. The second-order valence-electron chi connectivity index (χ2n) is 3.15. The van der Waals surface area contributed by atoms with Crippen molar-refractivity contribution in [1.82, 2.24) is 0 Å². The molecule has 0 aliphatic heterocycles. The van der Waals surface area contributed by atoms with Crippen molar-refractivity contribution in [2.24, 2.45) is 0 Å². The molecule has 0 saturated carbocycles. The quantitative estimate of drug-likeness (QED) is 0.785. The minimum absolute atomic E-state index is 0.636. The lowest BCUT2D eigenvalue weighted by molar-refractivity contribution is 0.683. The average molecular weight is 217 g/mol. The van der Waals surface area contributed by atoms with Crippen LogP contribution in [-0.2, 0) is 10.8 Å². The molecule has 2 N–H and O–H groups in total. The molecule has 0 aliphatic rings. The maximum atomic E-state index is 12.1. The molecule has 76 valence electrons. The van der Waals surface area contributed by atoms with Crippen LogP contribution in [0.5, 0.6) is 0 Å². The molecule has 0 spiro atoms. The van der Waals surface area contributed by atoms with Crippen LogP contribution in [0.3, 0.4) is 0 Å². The Balaban J connectivity index is 2.37. The van der Waals surface area contributed by atoms with Gasteiger partial charge >= 0.3 is 0 Å². The lowest BCUT2D eigenvalue weighted by Gasteiger charge is -2.02. The molecule has 3 heteroatoms. The van der Waals surface area contributed by atoms with Gasteiger partial charge in [-0.3, -0.25) is 0 Å². The van der Waals surface area contributed by atoms with Gasteiger partial charge in [0.25, 0.3) is 0 Å². The first-order valence-corrected chi connectivity index (χ1v) is 5.75. The molecular weight excluding hydrogens is 206 g/mol. The molecular formula is C12H11NOS.